The van der Waals surface area contributed by atoms with Crippen molar-refractivity contribution >= 4 is 5.97 Å². The number of hydrogen-bond acceptors (Lipinski definition) is 5. The Kier molecular flexibility index (Phi) is 5.29. The third-order valence-corrected chi connectivity index (χ3v) is 5.48. The Labute approximate surface area is 139 Å². The van der Waals surface area contributed by atoms with Gasteiger partial charge in [0, 0.05) is 18.9 Å². The first kappa shape index (κ1) is 17.2. The van der Waals surface area contributed by atoms with E-state index in [0.29, 0.717) is 37.7 Å². The fourth-order valence-corrected chi connectivity index (χ4v) is 4.42. The number of likely N-dealkylation sites (tertiary alicyclic amines) is 1. The van der Waals surface area contributed by atoms with Crippen LogP contribution in [0.5, 0.6) is 0 Å². The minimum absolute atomic E-state index is 0.0305. The summed E-state index contributed by atoms with van der Waals surface area (Å²) in [6.45, 7) is 9.37. The van der Waals surface area contributed by atoms with E-state index >= 15 is 0 Å². The van der Waals surface area contributed by atoms with Crippen LogP contribution in [0.15, 0.2) is 0 Å². The van der Waals surface area contributed by atoms with Crippen molar-refractivity contribution in [2.45, 2.75) is 70.7 Å². The van der Waals surface area contributed by atoms with E-state index in [1.807, 2.05) is 0 Å². The Morgan fingerprint density at radius 2 is 2.04 bits per heavy atom. The maximum Gasteiger partial charge on any atom is 0.323 e. The standard InChI is InChI=1S/C18H31NO4/c1-13(2)12-21-17(20)16-5-4-8-19(16)15-6-7-18(11-14(15)3)22-9-10-23-18/h13-16H,4-12H2,1-3H3/t14?,15?,16-/m0/s1. The van der Waals surface area contributed by atoms with Gasteiger partial charge < -0.3 is 14.2 Å². The summed E-state index contributed by atoms with van der Waals surface area (Å²) in [7, 11) is 0. The minimum Gasteiger partial charge on any atom is -0.464 e. The van der Waals surface area contributed by atoms with E-state index in [0.717, 1.165) is 38.6 Å². The summed E-state index contributed by atoms with van der Waals surface area (Å²) in [6.07, 6.45) is 4.92. The topological polar surface area (TPSA) is 48.0 Å². The molecule has 0 bridgehead atoms. The highest BCUT2D eigenvalue weighted by atomic mass is 16.7. The Balaban J connectivity index is 1.60. The average Bonchev–Trinajstić information content (AvgIpc) is 3.15. The van der Waals surface area contributed by atoms with E-state index in [1.54, 1.807) is 0 Å². The Morgan fingerprint density at radius 3 is 2.70 bits per heavy atom. The summed E-state index contributed by atoms with van der Waals surface area (Å²) < 4.78 is 17.2. The lowest BCUT2D eigenvalue weighted by Gasteiger charge is -2.44. The van der Waals surface area contributed by atoms with Crippen LogP contribution in [0.2, 0.25) is 0 Å². The Morgan fingerprint density at radius 1 is 1.30 bits per heavy atom. The Bertz CT molecular complexity index is 419. The number of carbonyl (C=O) groups excluding carboxylic acids is 1. The molecule has 0 aromatic rings. The molecule has 2 saturated heterocycles. The number of hydrogen-bond donors (Lipinski definition) is 0. The van der Waals surface area contributed by atoms with Crippen molar-refractivity contribution in [1.29, 1.82) is 0 Å². The van der Waals surface area contributed by atoms with E-state index in [-0.39, 0.29) is 17.8 Å². The summed E-state index contributed by atoms with van der Waals surface area (Å²) in [6, 6.07) is 0.383. The first-order valence-corrected chi connectivity index (χ1v) is 9.21. The van der Waals surface area contributed by atoms with Crippen molar-refractivity contribution in [3.05, 3.63) is 0 Å². The molecule has 1 spiro atoms. The zero-order valence-electron chi connectivity index (χ0n) is 14.8. The number of carbonyl (C=O) groups is 1. The van der Waals surface area contributed by atoms with Crippen LogP contribution in [-0.4, -0.2) is 55.1 Å². The summed E-state index contributed by atoms with van der Waals surface area (Å²) in [4.78, 5) is 14.8. The molecular weight excluding hydrogens is 294 g/mol. The van der Waals surface area contributed by atoms with Crippen molar-refractivity contribution in [3.8, 4) is 0 Å². The van der Waals surface area contributed by atoms with Crippen molar-refractivity contribution < 1.29 is 19.0 Å². The van der Waals surface area contributed by atoms with Gasteiger partial charge in [0.1, 0.15) is 6.04 Å². The quantitative estimate of drug-likeness (QED) is 0.744. The summed E-state index contributed by atoms with van der Waals surface area (Å²) >= 11 is 0. The van der Waals surface area contributed by atoms with Crippen LogP contribution in [0.4, 0.5) is 0 Å². The van der Waals surface area contributed by atoms with Crippen LogP contribution >= 0.6 is 0 Å². The van der Waals surface area contributed by atoms with Crippen LogP contribution < -0.4 is 0 Å². The van der Waals surface area contributed by atoms with Crippen molar-refractivity contribution in [2.75, 3.05) is 26.4 Å². The highest BCUT2D eigenvalue weighted by Gasteiger charge is 2.47. The molecule has 3 aliphatic rings. The molecule has 1 aliphatic carbocycles. The SMILES string of the molecule is CC(C)COC(=O)[C@@H]1CCCN1C1CCC2(CC1C)OCCO2. The Hall–Kier alpha value is -0.650. The average molecular weight is 325 g/mol. The van der Waals surface area contributed by atoms with Gasteiger partial charge in [-0.1, -0.05) is 20.8 Å². The van der Waals surface area contributed by atoms with Gasteiger partial charge in [0.05, 0.1) is 19.8 Å². The molecule has 3 rings (SSSR count). The maximum absolute atomic E-state index is 12.4. The van der Waals surface area contributed by atoms with Gasteiger partial charge in [0.25, 0.3) is 0 Å². The lowest BCUT2D eigenvalue weighted by molar-refractivity contribution is -0.196. The molecule has 0 aromatic carbocycles. The van der Waals surface area contributed by atoms with E-state index in [4.69, 9.17) is 14.2 Å². The molecule has 2 heterocycles. The van der Waals surface area contributed by atoms with Crippen LogP contribution in [-0.2, 0) is 19.0 Å². The van der Waals surface area contributed by atoms with Crippen LogP contribution in [0.1, 0.15) is 52.9 Å². The van der Waals surface area contributed by atoms with Gasteiger partial charge in [-0.15, -0.1) is 0 Å². The molecular formula is C18H31NO4. The second kappa shape index (κ2) is 7.08. The summed E-state index contributed by atoms with van der Waals surface area (Å²) in [5.74, 6) is 0.486. The summed E-state index contributed by atoms with van der Waals surface area (Å²) in [5.41, 5.74) is 0. The zero-order chi connectivity index (χ0) is 16.4. The third kappa shape index (κ3) is 3.72. The molecule has 23 heavy (non-hydrogen) atoms. The fourth-order valence-electron chi connectivity index (χ4n) is 4.42. The van der Waals surface area contributed by atoms with Gasteiger partial charge in [0.2, 0.25) is 0 Å². The lowest BCUT2D eigenvalue weighted by atomic mass is 9.80. The van der Waals surface area contributed by atoms with Gasteiger partial charge in [-0.3, -0.25) is 9.69 Å². The van der Waals surface area contributed by atoms with Gasteiger partial charge in [-0.05, 0) is 37.6 Å². The molecule has 132 valence electrons. The number of nitrogens with zero attached hydrogens (tertiary/aromatic N) is 1. The van der Waals surface area contributed by atoms with Crippen LogP contribution in [0.25, 0.3) is 0 Å². The van der Waals surface area contributed by atoms with Gasteiger partial charge in [-0.25, -0.2) is 0 Å². The second-order valence-corrected chi connectivity index (χ2v) is 7.81. The first-order chi connectivity index (χ1) is 11.0. The molecule has 0 amide bonds. The molecule has 0 radical (unpaired) electrons. The zero-order valence-corrected chi connectivity index (χ0v) is 14.8. The van der Waals surface area contributed by atoms with Crippen molar-refractivity contribution in [3.63, 3.8) is 0 Å². The van der Waals surface area contributed by atoms with E-state index in [9.17, 15) is 4.79 Å². The number of rotatable bonds is 4. The molecule has 3 fully saturated rings. The predicted octanol–water partition coefficient (Wildman–Crippen LogP) is 2.58. The highest BCUT2D eigenvalue weighted by molar-refractivity contribution is 5.76. The molecule has 2 aliphatic heterocycles. The van der Waals surface area contributed by atoms with Crippen molar-refractivity contribution in [2.24, 2.45) is 11.8 Å². The van der Waals surface area contributed by atoms with Crippen LogP contribution in [0.3, 0.4) is 0 Å². The maximum atomic E-state index is 12.4. The monoisotopic (exact) mass is 325 g/mol. The normalized spacial score (nSPS) is 34.3. The minimum atomic E-state index is -0.344. The molecule has 0 N–H and O–H groups in total. The molecule has 5 heteroatoms. The molecule has 1 saturated carbocycles. The second-order valence-electron chi connectivity index (χ2n) is 7.81. The van der Waals surface area contributed by atoms with E-state index in [1.165, 1.54) is 0 Å². The molecule has 5 nitrogen and oxygen atoms in total. The van der Waals surface area contributed by atoms with Gasteiger partial charge in [0.15, 0.2) is 5.79 Å². The smallest absolute Gasteiger partial charge is 0.323 e. The molecule has 0 aromatic heterocycles. The lowest BCUT2D eigenvalue weighted by Crippen LogP contribution is -2.52. The largest absolute Gasteiger partial charge is 0.464 e. The fraction of sp³-hybridized carbons (Fsp3) is 0.944. The van der Waals surface area contributed by atoms with E-state index in [2.05, 4.69) is 25.7 Å². The van der Waals surface area contributed by atoms with Crippen molar-refractivity contribution in [1.82, 2.24) is 4.90 Å². The number of esters is 1. The van der Waals surface area contributed by atoms with Gasteiger partial charge >= 0.3 is 5.97 Å². The highest BCUT2D eigenvalue weighted by Crippen LogP contribution is 2.42. The number of ether oxygens (including phenoxy) is 3. The van der Waals surface area contributed by atoms with E-state index < -0.39 is 0 Å². The van der Waals surface area contributed by atoms with Gasteiger partial charge in [-0.2, -0.15) is 0 Å². The molecule has 2 unspecified atom stereocenters. The third-order valence-electron chi connectivity index (χ3n) is 5.48. The summed E-state index contributed by atoms with van der Waals surface area (Å²) in [5, 5.41) is 0. The predicted molar refractivity (Wildman–Crippen MR) is 87.0 cm³/mol. The first-order valence-electron chi connectivity index (χ1n) is 9.21. The molecule has 3 atom stereocenters. The van der Waals surface area contributed by atoms with Crippen LogP contribution in [0, 0.1) is 11.8 Å².